The first-order valence-corrected chi connectivity index (χ1v) is 13.6. The lowest BCUT2D eigenvalue weighted by Gasteiger charge is -2.10. The standard InChI is InChI=1S/C30H22N4O4S/c35-39(36,25-12-5-2-6-13-25)34-24-11-7-10-23(19-24)32-33-28-20-37-17-16-26(28)30-31-27-18-22(14-15-29(27)38-30)21-8-3-1-4-9-21/h1-19,34H,20H2. The van der Waals surface area contributed by atoms with Gasteiger partial charge in [-0.3, -0.25) is 4.72 Å². The topological polar surface area (TPSA) is 106 Å². The highest BCUT2D eigenvalue weighted by molar-refractivity contribution is 7.92. The van der Waals surface area contributed by atoms with Crippen LogP contribution in [0.15, 0.2) is 141 Å². The third kappa shape index (κ3) is 5.34. The highest BCUT2D eigenvalue weighted by Gasteiger charge is 2.18. The fraction of sp³-hybridized carbons (Fsp3) is 0.0333. The molecule has 0 fully saturated rings. The van der Waals surface area contributed by atoms with Crippen LogP contribution in [0.5, 0.6) is 0 Å². The van der Waals surface area contributed by atoms with E-state index in [1.54, 1.807) is 54.8 Å². The van der Waals surface area contributed by atoms with Gasteiger partial charge in [0, 0.05) is 0 Å². The maximum atomic E-state index is 12.7. The molecule has 0 amide bonds. The highest BCUT2D eigenvalue weighted by Crippen LogP contribution is 2.31. The molecule has 1 aliphatic heterocycles. The fourth-order valence-corrected chi connectivity index (χ4v) is 5.18. The summed E-state index contributed by atoms with van der Waals surface area (Å²) in [6.45, 7) is 0.184. The number of nitrogens with one attached hydrogen (secondary N) is 1. The smallest absolute Gasteiger partial charge is 0.261 e. The number of azo groups is 1. The minimum Gasteiger partial charge on any atom is -0.495 e. The molecule has 6 rings (SSSR count). The van der Waals surface area contributed by atoms with Crippen LogP contribution in [0.2, 0.25) is 0 Å². The van der Waals surface area contributed by atoms with Gasteiger partial charge in [0.2, 0.25) is 5.89 Å². The van der Waals surface area contributed by atoms with Crippen LogP contribution in [-0.4, -0.2) is 20.0 Å². The molecule has 0 saturated heterocycles. The number of hydrogen-bond donors (Lipinski definition) is 1. The monoisotopic (exact) mass is 534 g/mol. The van der Waals surface area contributed by atoms with E-state index in [4.69, 9.17) is 14.1 Å². The number of sulfonamides is 1. The normalized spacial score (nSPS) is 13.6. The van der Waals surface area contributed by atoms with E-state index in [2.05, 4.69) is 15.0 Å². The van der Waals surface area contributed by atoms with Crippen molar-refractivity contribution in [1.29, 1.82) is 0 Å². The lowest BCUT2D eigenvalue weighted by molar-refractivity contribution is 0.274. The molecule has 0 atom stereocenters. The Bertz CT molecular complexity index is 1840. The second-order valence-corrected chi connectivity index (χ2v) is 10.4. The van der Waals surface area contributed by atoms with E-state index in [0.29, 0.717) is 34.1 Å². The van der Waals surface area contributed by atoms with Crippen molar-refractivity contribution in [3.8, 4) is 11.1 Å². The average molecular weight is 535 g/mol. The van der Waals surface area contributed by atoms with Gasteiger partial charge in [0.05, 0.1) is 28.1 Å². The largest absolute Gasteiger partial charge is 0.495 e. The van der Waals surface area contributed by atoms with Crippen molar-refractivity contribution in [1.82, 2.24) is 4.98 Å². The summed E-state index contributed by atoms with van der Waals surface area (Å²) in [6, 6.07) is 30.8. The number of aromatic nitrogens is 1. The number of allylic oxidation sites excluding steroid dienone is 2. The summed E-state index contributed by atoms with van der Waals surface area (Å²) in [5, 5.41) is 8.72. The number of ether oxygens (including phenoxy) is 1. The molecule has 1 aromatic heterocycles. The molecule has 1 N–H and O–H groups in total. The Labute approximate surface area is 225 Å². The minimum atomic E-state index is -3.73. The first-order valence-electron chi connectivity index (χ1n) is 12.1. The third-order valence-corrected chi connectivity index (χ3v) is 7.42. The van der Waals surface area contributed by atoms with E-state index in [0.717, 1.165) is 16.6 Å². The van der Waals surface area contributed by atoms with Crippen molar-refractivity contribution < 1.29 is 17.6 Å². The van der Waals surface area contributed by atoms with Crippen LogP contribution in [0.4, 0.5) is 11.4 Å². The number of rotatable bonds is 7. The van der Waals surface area contributed by atoms with E-state index in [1.807, 2.05) is 48.5 Å². The molecule has 0 spiro atoms. The Balaban J connectivity index is 1.27. The van der Waals surface area contributed by atoms with E-state index in [9.17, 15) is 8.42 Å². The molecular formula is C30H22N4O4S. The quantitative estimate of drug-likeness (QED) is 0.220. The van der Waals surface area contributed by atoms with Crippen LogP contribution in [0.25, 0.3) is 27.8 Å². The van der Waals surface area contributed by atoms with Gasteiger partial charge < -0.3 is 9.15 Å². The average Bonchev–Trinajstić information content (AvgIpc) is 3.41. The lowest BCUT2D eigenvalue weighted by Crippen LogP contribution is -2.12. The summed E-state index contributed by atoms with van der Waals surface area (Å²) < 4.78 is 39.4. The number of nitrogens with zero attached hydrogens (tertiary/aromatic N) is 3. The molecule has 0 saturated carbocycles. The van der Waals surface area contributed by atoms with Crippen molar-refractivity contribution in [2.45, 2.75) is 4.90 Å². The Morgan fingerprint density at radius 1 is 0.795 bits per heavy atom. The third-order valence-electron chi connectivity index (χ3n) is 6.03. The van der Waals surface area contributed by atoms with Crippen molar-refractivity contribution in [2.24, 2.45) is 10.2 Å². The maximum Gasteiger partial charge on any atom is 0.261 e. The Morgan fingerprint density at radius 2 is 1.59 bits per heavy atom. The van der Waals surface area contributed by atoms with Crippen molar-refractivity contribution in [3.63, 3.8) is 0 Å². The van der Waals surface area contributed by atoms with Crippen LogP contribution in [-0.2, 0) is 14.8 Å². The van der Waals surface area contributed by atoms with E-state index in [-0.39, 0.29) is 11.5 Å². The van der Waals surface area contributed by atoms with Gasteiger partial charge in [-0.15, -0.1) is 0 Å². The Hall–Kier alpha value is -5.02. The van der Waals surface area contributed by atoms with Crippen molar-refractivity contribution in [3.05, 3.63) is 127 Å². The van der Waals surface area contributed by atoms with Gasteiger partial charge in [-0.25, -0.2) is 13.4 Å². The van der Waals surface area contributed by atoms with Crippen LogP contribution in [0.1, 0.15) is 5.89 Å². The molecule has 0 unspecified atom stereocenters. The summed E-state index contributed by atoms with van der Waals surface area (Å²) in [7, 11) is -3.73. The molecule has 8 nitrogen and oxygen atoms in total. The highest BCUT2D eigenvalue weighted by atomic mass is 32.2. The molecule has 2 heterocycles. The maximum absolute atomic E-state index is 12.7. The van der Waals surface area contributed by atoms with Gasteiger partial charge in [-0.05, 0) is 59.7 Å². The van der Waals surface area contributed by atoms with Crippen molar-refractivity contribution >= 4 is 38.1 Å². The zero-order chi connectivity index (χ0) is 26.7. The fourth-order valence-electron chi connectivity index (χ4n) is 4.11. The number of fused-ring (bicyclic) bond motifs is 1. The lowest BCUT2D eigenvalue weighted by atomic mass is 10.1. The molecule has 1 aliphatic rings. The van der Waals surface area contributed by atoms with Crippen LogP contribution in [0, 0.1) is 0 Å². The Kier molecular flexibility index (Phi) is 6.48. The first kappa shape index (κ1) is 24.3. The summed E-state index contributed by atoms with van der Waals surface area (Å²) >= 11 is 0. The summed E-state index contributed by atoms with van der Waals surface area (Å²) in [6.07, 6.45) is 3.31. The first-order chi connectivity index (χ1) is 19.0. The predicted molar refractivity (Wildman–Crippen MR) is 150 cm³/mol. The van der Waals surface area contributed by atoms with Gasteiger partial charge >= 0.3 is 0 Å². The molecule has 5 aromatic rings. The van der Waals surface area contributed by atoms with E-state index < -0.39 is 10.0 Å². The number of oxazole rings is 1. The molecule has 0 aliphatic carbocycles. The van der Waals surface area contributed by atoms with Gasteiger partial charge in [0.25, 0.3) is 10.0 Å². The summed E-state index contributed by atoms with van der Waals surface area (Å²) in [4.78, 5) is 4.87. The Morgan fingerprint density at radius 3 is 2.41 bits per heavy atom. The number of benzene rings is 4. The molecule has 192 valence electrons. The van der Waals surface area contributed by atoms with Gasteiger partial charge in [-0.1, -0.05) is 60.7 Å². The summed E-state index contributed by atoms with van der Waals surface area (Å²) in [5.41, 5.74) is 5.55. The second-order valence-electron chi connectivity index (χ2n) is 8.71. The molecular weight excluding hydrogens is 512 g/mol. The summed E-state index contributed by atoms with van der Waals surface area (Å²) in [5.74, 6) is 0.410. The van der Waals surface area contributed by atoms with Gasteiger partial charge in [0.1, 0.15) is 17.8 Å². The zero-order valence-corrected chi connectivity index (χ0v) is 21.4. The van der Waals surface area contributed by atoms with Crippen LogP contribution >= 0.6 is 0 Å². The number of anilines is 1. The number of hydrogen-bond acceptors (Lipinski definition) is 7. The van der Waals surface area contributed by atoms with Gasteiger partial charge in [-0.2, -0.15) is 10.2 Å². The van der Waals surface area contributed by atoms with Crippen LogP contribution in [0.3, 0.4) is 0 Å². The van der Waals surface area contributed by atoms with Crippen molar-refractivity contribution in [2.75, 3.05) is 11.3 Å². The zero-order valence-electron chi connectivity index (χ0n) is 20.6. The molecule has 9 heteroatoms. The van der Waals surface area contributed by atoms with Gasteiger partial charge in [0.15, 0.2) is 5.58 Å². The molecule has 0 radical (unpaired) electrons. The molecule has 0 bridgehead atoms. The molecule has 4 aromatic carbocycles. The van der Waals surface area contributed by atoms with E-state index in [1.165, 1.54) is 12.1 Å². The predicted octanol–water partition coefficient (Wildman–Crippen LogP) is 7.33. The van der Waals surface area contributed by atoms with E-state index >= 15 is 0 Å². The molecule has 39 heavy (non-hydrogen) atoms. The SMILES string of the molecule is O=S(=O)(Nc1cccc(N=NC2=C(c3nc4cc(-c5ccccc5)ccc4o3)C=COC2)c1)c1ccccc1. The van der Waals surface area contributed by atoms with Crippen LogP contribution < -0.4 is 4.72 Å². The second kappa shape index (κ2) is 10.4. The minimum absolute atomic E-state index is 0.173.